The van der Waals surface area contributed by atoms with Crippen LogP contribution in [0.25, 0.3) is 21.8 Å². The molecule has 2 N–H and O–H groups in total. The predicted octanol–water partition coefficient (Wildman–Crippen LogP) is 8.77. The fourth-order valence-electron chi connectivity index (χ4n) is 8.22. The third-order valence-corrected chi connectivity index (χ3v) is 10.9. The molecule has 0 radical (unpaired) electrons. The number of hydrogen-bond donors (Lipinski definition) is 2. The van der Waals surface area contributed by atoms with Crippen molar-refractivity contribution >= 4 is 21.8 Å². The average molecular weight is 595 g/mol. The van der Waals surface area contributed by atoms with Crippen LogP contribution in [0.3, 0.4) is 0 Å². The zero-order valence-electron chi connectivity index (χ0n) is 26.9. The maximum absolute atomic E-state index is 13.3. The summed E-state index contributed by atoms with van der Waals surface area (Å²) in [5.41, 5.74) is 4.80. The molecule has 5 heterocycles. The van der Waals surface area contributed by atoms with Crippen LogP contribution in [0, 0.1) is 29.5 Å². The van der Waals surface area contributed by atoms with Crippen LogP contribution in [0.4, 0.5) is 4.39 Å². The lowest BCUT2D eigenvalue weighted by atomic mass is 9.76. The highest BCUT2D eigenvalue weighted by atomic mass is 19.1. The topological polar surface area (TPSA) is 38.1 Å². The van der Waals surface area contributed by atoms with E-state index in [1.807, 2.05) is 12.3 Å². The molecule has 6 atom stereocenters. The Morgan fingerprint density at radius 2 is 1.73 bits per heavy atom. The number of H-pyrrole nitrogens is 2. The summed E-state index contributed by atoms with van der Waals surface area (Å²) in [6.07, 6.45) is 16.4. The number of piperidine rings is 2. The molecular formula is C39H51FN4. The van der Waals surface area contributed by atoms with Gasteiger partial charge in [0.1, 0.15) is 5.82 Å². The number of nitrogens with one attached hydrogen (secondary N) is 2. The van der Waals surface area contributed by atoms with Crippen molar-refractivity contribution in [2.24, 2.45) is 23.7 Å². The van der Waals surface area contributed by atoms with Crippen molar-refractivity contribution in [1.29, 1.82) is 0 Å². The van der Waals surface area contributed by atoms with E-state index in [0.29, 0.717) is 18.0 Å². The van der Waals surface area contributed by atoms with Crippen molar-refractivity contribution in [3.8, 4) is 0 Å². The summed E-state index contributed by atoms with van der Waals surface area (Å²) in [6, 6.07) is 17.2. The Kier molecular flexibility index (Phi) is 9.73. The number of benzene rings is 2. The minimum atomic E-state index is -0.185. The van der Waals surface area contributed by atoms with Gasteiger partial charge in [0.15, 0.2) is 0 Å². The number of rotatable bonds is 9. The first-order chi connectivity index (χ1) is 21.4. The highest BCUT2D eigenvalue weighted by Gasteiger charge is 2.36. The van der Waals surface area contributed by atoms with Gasteiger partial charge < -0.3 is 9.97 Å². The Morgan fingerprint density at radius 3 is 2.50 bits per heavy atom. The molecule has 0 amide bonds. The van der Waals surface area contributed by atoms with Gasteiger partial charge in [0.25, 0.3) is 0 Å². The van der Waals surface area contributed by atoms with Crippen molar-refractivity contribution in [1.82, 2.24) is 19.8 Å². The van der Waals surface area contributed by atoms with E-state index < -0.39 is 0 Å². The van der Waals surface area contributed by atoms with Crippen LogP contribution in [-0.4, -0.2) is 58.0 Å². The first-order valence-electron chi connectivity index (χ1n) is 17.1. The van der Waals surface area contributed by atoms with Gasteiger partial charge in [-0.3, -0.25) is 9.80 Å². The van der Waals surface area contributed by atoms with Gasteiger partial charge in [-0.2, -0.15) is 0 Å². The summed E-state index contributed by atoms with van der Waals surface area (Å²) in [7, 11) is 0. The highest BCUT2D eigenvalue weighted by molar-refractivity contribution is 5.83. The second-order valence-corrected chi connectivity index (χ2v) is 13.6. The standard InChI is InChI=1S/C20H27FN2.C19H24N2/c1-4-15-10-16(5-2)14(3)23(13-15)9-8-17-12-22-20-11-18(21)6-7-19(17)20;1-2-15-11-14-7-8-19(15)21(13-14)10-9-17-12-16-5-3-4-6-18(16)20-17/h4,6-7,11-12,14-16,22H,1,5,8-10,13H2,2-3H3;3-8,12,14-15,19-20H,2,9-11,13H2,1H3. The SMILES string of the molecule is C=CC1CC(CC)C(C)N(CCc2c[nH]c3cc(F)ccc23)C1.CCC1CC2C=CC1N(CCc1cc3ccccc3[nH]1)C2. The van der Waals surface area contributed by atoms with E-state index in [9.17, 15) is 4.39 Å². The van der Waals surface area contributed by atoms with Gasteiger partial charge in [-0.25, -0.2) is 4.39 Å². The van der Waals surface area contributed by atoms with Crippen molar-refractivity contribution in [3.05, 3.63) is 96.6 Å². The lowest BCUT2D eigenvalue weighted by molar-refractivity contribution is 0.0797. The Labute approximate surface area is 263 Å². The van der Waals surface area contributed by atoms with Gasteiger partial charge in [0.2, 0.25) is 0 Å². The van der Waals surface area contributed by atoms with E-state index in [1.165, 1.54) is 60.9 Å². The second-order valence-electron chi connectivity index (χ2n) is 13.6. The number of para-hydroxylation sites is 1. The fraction of sp³-hybridized carbons (Fsp3) is 0.487. The lowest BCUT2D eigenvalue weighted by Crippen LogP contribution is -2.50. The zero-order valence-corrected chi connectivity index (χ0v) is 26.9. The van der Waals surface area contributed by atoms with Crippen molar-refractivity contribution in [2.75, 3.05) is 26.2 Å². The van der Waals surface area contributed by atoms with Crippen molar-refractivity contribution in [3.63, 3.8) is 0 Å². The van der Waals surface area contributed by atoms with Crippen LogP contribution in [0.5, 0.6) is 0 Å². The quantitative estimate of drug-likeness (QED) is 0.190. The van der Waals surface area contributed by atoms with Gasteiger partial charge in [0, 0.05) is 73.0 Å². The molecule has 0 saturated carbocycles. The molecule has 4 aliphatic rings. The number of aromatic amines is 2. The Hall–Kier alpha value is -3.15. The summed E-state index contributed by atoms with van der Waals surface area (Å²) in [4.78, 5) is 12.1. The number of likely N-dealkylation sites (tertiary alicyclic amines) is 1. The minimum absolute atomic E-state index is 0.185. The second kappa shape index (κ2) is 13.9. The molecule has 2 bridgehead atoms. The maximum Gasteiger partial charge on any atom is 0.125 e. The molecule has 4 aromatic rings. The normalized spacial score (nSPS) is 27.1. The van der Waals surface area contributed by atoms with E-state index in [-0.39, 0.29) is 5.82 Å². The van der Waals surface area contributed by atoms with Crippen molar-refractivity contribution < 1.29 is 4.39 Å². The zero-order chi connectivity index (χ0) is 30.6. The number of aromatic nitrogens is 2. The van der Waals surface area contributed by atoms with Gasteiger partial charge in [-0.15, -0.1) is 6.58 Å². The monoisotopic (exact) mass is 594 g/mol. The smallest absolute Gasteiger partial charge is 0.125 e. The molecule has 4 nitrogen and oxygen atoms in total. The first kappa shape index (κ1) is 30.9. The van der Waals surface area contributed by atoms with Gasteiger partial charge >= 0.3 is 0 Å². The van der Waals surface area contributed by atoms with E-state index in [4.69, 9.17) is 0 Å². The molecule has 3 aliphatic heterocycles. The van der Waals surface area contributed by atoms with E-state index in [1.54, 1.807) is 12.1 Å². The van der Waals surface area contributed by atoms with Gasteiger partial charge in [0.05, 0.1) is 0 Å². The third kappa shape index (κ3) is 6.74. The molecule has 5 heteroatoms. The summed E-state index contributed by atoms with van der Waals surface area (Å²) in [6.45, 7) is 15.6. The van der Waals surface area contributed by atoms with E-state index >= 15 is 0 Å². The molecule has 2 saturated heterocycles. The highest BCUT2D eigenvalue weighted by Crippen LogP contribution is 2.36. The minimum Gasteiger partial charge on any atom is -0.361 e. The predicted molar refractivity (Wildman–Crippen MR) is 183 cm³/mol. The first-order valence-corrected chi connectivity index (χ1v) is 17.1. The molecule has 2 fully saturated rings. The average Bonchev–Trinajstić information content (AvgIpc) is 3.67. The Bertz CT molecular complexity index is 1530. The summed E-state index contributed by atoms with van der Waals surface area (Å²) in [5, 5.41) is 2.47. The van der Waals surface area contributed by atoms with E-state index in [0.717, 1.165) is 54.6 Å². The summed E-state index contributed by atoms with van der Waals surface area (Å²) >= 11 is 0. The molecule has 8 rings (SSSR count). The number of fused-ring (bicyclic) bond motifs is 4. The van der Waals surface area contributed by atoms with E-state index in [2.05, 4.69) is 95.7 Å². The largest absolute Gasteiger partial charge is 0.361 e. The maximum atomic E-state index is 13.3. The van der Waals surface area contributed by atoms with Gasteiger partial charge in [-0.05, 0) is 91.1 Å². The number of hydrogen-bond acceptors (Lipinski definition) is 2. The Balaban J connectivity index is 0.000000156. The number of nitrogens with zero attached hydrogens (tertiary/aromatic N) is 2. The molecule has 234 valence electrons. The van der Waals surface area contributed by atoms with Crippen LogP contribution in [0.15, 0.2) is 79.5 Å². The fourth-order valence-corrected chi connectivity index (χ4v) is 8.22. The Morgan fingerprint density at radius 1 is 0.909 bits per heavy atom. The molecule has 44 heavy (non-hydrogen) atoms. The summed E-state index contributed by atoms with van der Waals surface area (Å²) in [5.74, 6) is 2.84. The van der Waals surface area contributed by atoms with Crippen LogP contribution < -0.4 is 0 Å². The molecule has 2 aromatic carbocycles. The molecule has 1 aliphatic carbocycles. The molecule has 0 spiro atoms. The van der Waals surface area contributed by atoms with Gasteiger partial charge in [-0.1, -0.05) is 63.1 Å². The van der Waals surface area contributed by atoms with Crippen LogP contribution in [-0.2, 0) is 12.8 Å². The third-order valence-electron chi connectivity index (χ3n) is 10.9. The van der Waals surface area contributed by atoms with Crippen LogP contribution in [0.2, 0.25) is 0 Å². The summed E-state index contributed by atoms with van der Waals surface area (Å²) < 4.78 is 13.3. The van der Waals surface area contributed by atoms with Crippen molar-refractivity contribution in [2.45, 2.75) is 71.4 Å². The molecule has 6 unspecified atom stereocenters. The number of halogens is 1. The van der Waals surface area contributed by atoms with Crippen LogP contribution in [0.1, 0.15) is 57.7 Å². The molecule has 2 aromatic heterocycles. The molecular weight excluding hydrogens is 543 g/mol. The van der Waals surface area contributed by atoms with Crippen LogP contribution >= 0.6 is 0 Å². The lowest BCUT2D eigenvalue weighted by Gasteiger charge is -2.46.